The smallest absolute Gasteiger partial charge is 0.227 e. The van der Waals surface area contributed by atoms with E-state index in [1.165, 1.54) is 21.9 Å². The molecular weight excluding hydrogens is 430 g/mol. The van der Waals surface area contributed by atoms with Gasteiger partial charge in [-0.25, -0.2) is 15.0 Å². The summed E-state index contributed by atoms with van der Waals surface area (Å²) in [4.78, 5) is 14.3. The largest absolute Gasteiger partial charge is 0.437 e. The van der Waals surface area contributed by atoms with Crippen molar-refractivity contribution in [3.8, 4) is 11.3 Å². The molecular formula is C31H29N3O. The number of rotatable bonds is 2. The van der Waals surface area contributed by atoms with Crippen LogP contribution >= 0.6 is 0 Å². The molecule has 0 atom stereocenters. The van der Waals surface area contributed by atoms with Crippen LogP contribution in [0.25, 0.3) is 55.0 Å². The quantitative estimate of drug-likeness (QED) is 0.244. The molecule has 0 spiro atoms. The van der Waals surface area contributed by atoms with Crippen LogP contribution in [0.5, 0.6) is 0 Å². The zero-order chi connectivity index (χ0) is 24.5. The van der Waals surface area contributed by atoms with Gasteiger partial charge in [0, 0.05) is 32.8 Å². The van der Waals surface area contributed by atoms with Crippen molar-refractivity contribution in [3.63, 3.8) is 0 Å². The van der Waals surface area contributed by atoms with Crippen LogP contribution in [0.1, 0.15) is 57.4 Å². The van der Waals surface area contributed by atoms with Crippen molar-refractivity contribution in [1.82, 2.24) is 15.0 Å². The van der Waals surface area contributed by atoms with E-state index >= 15 is 0 Å². The molecule has 4 heteroatoms. The average Bonchev–Trinajstić information content (AvgIpc) is 3.20. The zero-order valence-corrected chi connectivity index (χ0v) is 21.1. The number of aromatic nitrogens is 3. The van der Waals surface area contributed by atoms with E-state index in [0.29, 0.717) is 11.6 Å². The maximum absolute atomic E-state index is 6.37. The highest BCUT2D eigenvalue weighted by atomic mass is 16.3. The molecule has 0 aliphatic carbocycles. The lowest BCUT2D eigenvalue weighted by atomic mass is 9.84. The van der Waals surface area contributed by atoms with Crippen LogP contribution in [0.15, 0.2) is 65.3 Å². The Bertz CT molecular complexity index is 1770. The summed E-state index contributed by atoms with van der Waals surface area (Å²) < 4.78 is 6.37. The van der Waals surface area contributed by atoms with E-state index in [1.54, 1.807) is 6.33 Å². The molecule has 0 unspecified atom stereocenters. The normalized spacial score (nSPS) is 12.5. The summed E-state index contributed by atoms with van der Waals surface area (Å²) in [6.45, 7) is 13.2. The number of hydrogen-bond acceptors (Lipinski definition) is 4. The zero-order valence-electron chi connectivity index (χ0n) is 21.1. The summed E-state index contributed by atoms with van der Waals surface area (Å²) in [7, 11) is 0. The number of fused-ring (bicyclic) bond motifs is 6. The van der Waals surface area contributed by atoms with Crippen LogP contribution in [0.3, 0.4) is 0 Å². The van der Waals surface area contributed by atoms with Crippen LogP contribution in [0, 0.1) is 6.92 Å². The first-order valence-electron chi connectivity index (χ1n) is 12.2. The summed E-state index contributed by atoms with van der Waals surface area (Å²) in [6, 6.07) is 19.4. The van der Waals surface area contributed by atoms with Gasteiger partial charge < -0.3 is 4.42 Å². The van der Waals surface area contributed by atoms with Gasteiger partial charge in [-0.2, -0.15) is 0 Å². The number of benzene rings is 3. The highest BCUT2D eigenvalue weighted by molar-refractivity contribution is 6.14. The van der Waals surface area contributed by atoms with Crippen LogP contribution in [0.4, 0.5) is 0 Å². The Morgan fingerprint density at radius 1 is 0.857 bits per heavy atom. The van der Waals surface area contributed by atoms with Gasteiger partial charge >= 0.3 is 0 Å². The molecule has 6 aromatic rings. The predicted molar refractivity (Wildman–Crippen MR) is 145 cm³/mol. The molecule has 0 saturated carbocycles. The Morgan fingerprint density at radius 2 is 1.66 bits per heavy atom. The highest BCUT2D eigenvalue weighted by Gasteiger charge is 2.20. The third-order valence-electron chi connectivity index (χ3n) is 7.01. The topological polar surface area (TPSA) is 51.8 Å². The first-order valence-corrected chi connectivity index (χ1v) is 12.2. The number of hydrogen-bond donors (Lipinski definition) is 0. The van der Waals surface area contributed by atoms with E-state index in [9.17, 15) is 0 Å². The third kappa shape index (κ3) is 3.39. The second-order valence-corrected chi connectivity index (χ2v) is 10.9. The fourth-order valence-electron chi connectivity index (χ4n) is 5.04. The number of para-hydroxylation sites is 1. The number of nitrogens with zero attached hydrogens (tertiary/aromatic N) is 3. The molecule has 0 amide bonds. The minimum Gasteiger partial charge on any atom is -0.437 e. The third-order valence-corrected chi connectivity index (χ3v) is 7.01. The Kier molecular flexibility index (Phi) is 4.72. The molecule has 0 aliphatic heterocycles. The molecule has 3 heterocycles. The summed E-state index contributed by atoms with van der Waals surface area (Å²) in [5, 5.41) is 5.49. The van der Waals surface area contributed by atoms with Gasteiger partial charge in [0.2, 0.25) is 5.71 Å². The minimum absolute atomic E-state index is 0.0884. The van der Waals surface area contributed by atoms with E-state index in [0.717, 1.165) is 44.2 Å². The Hall–Kier alpha value is -3.79. The molecule has 0 radical (unpaired) electrons. The number of aryl methyl sites for hydroxylation is 1. The first-order chi connectivity index (χ1) is 16.7. The molecule has 0 saturated heterocycles. The van der Waals surface area contributed by atoms with E-state index in [4.69, 9.17) is 19.4 Å². The van der Waals surface area contributed by atoms with E-state index in [1.807, 2.05) is 0 Å². The molecule has 0 aliphatic rings. The fraction of sp³-hybridized carbons (Fsp3) is 0.258. The van der Waals surface area contributed by atoms with Crippen molar-refractivity contribution in [2.24, 2.45) is 0 Å². The van der Waals surface area contributed by atoms with Gasteiger partial charge in [-0.05, 0) is 59.0 Å². The van der Waals surface area contributed by atoms with Gasteiger partial charge in [0.15, 0.2) is 0 Å². The van der Waals surface area contributed by atoms with Crippen molar-refractivity contribution < 1.29 is 4.42 Å². The molecule has 174 valence electrons. The SMILES string of the molecule is Cc1cc(C(C)(C)C)cc2ccc3c(-c4cccc5c4oc4nc(C(C)C)ccc45)ncnc3c12. The van der Waals surface area contributed by atoms with Crippen molar-refractivity contribution in [1.29, 1.82) is 0 Å². The highest BCUT2D eigenvalue weighted by Crippen LogP contribution is 2.39. The molecule has 6 rings (SSSR count). The van der Waals surface area contributed by atoms with Crippen LogP contribution in [0.2, 0.25) is 0 Å². The second-order valence-electron chi connectivity index (χ2n) is 10.9. The van der Waals surface area contributed by atoms with Gasteiger partial charge in [-0.3, -0.25) is 0 Å². The van der Waals surface area contributed by atoms with Crippen LogP contribution in [-0.4, -0.2) is 15.0 Å². The summed E-state index contributed by atoms with van der Waals surface area (Å²) in [5.74, 6) is 0.341. The Morgan fingerprint density at radius 3 is 2.43 bits per heavy atom. The standard InChI is InChI=1S/C31H29N3O/c1-17(2)25-13-12-22-21-8-7-9-24(29(21)35-30(22)34-25)27-23-11-10-19-15-20(31(4,5)6)14-18(3)26(19)28(23)33-16-32-27/h7-17H,1-6H3. The lowest BCUT2D eigenvalue weighted by molar-refractivity contribution is 0.590. The van der Waals surface area contributed by atoms with Crippen LogP contribution < -0.4 is 0 Å². The Balaban J connectivity index is 1.63. The molecule has 0 fully saturated rings. The monoisotopic (exact) mass is 459 g/mol. The molecule has 4 nitrogen and oxygen atoms in total. The first kappa shape index (κ1) is 21.7. The maximum atomic E-state index is 6.37. The minimum atomic E-state index is 0.0884. The fourth-order valence-corrected chi connectivity index (χ4v) is 5.04. The molecule has 0 N–H and O–H groups in total. The molecule has 3 aromatic heterocycles. The average molecular weight is 460 g/mol. The van der Waals surface area contributed by atoms with Crippen molar-refractivity contribution in [3.05, 3.63) is 77.7 Å². The van der Waals surface area contributed by atoms with E-state index < -0.39 is 0 Å². The van der Waals surface area contributed by atoms with Crippen molar-refractivity contribution in [2.45, 2.75) is 52.9 Å². The lowest BCUT2D eigenvalue weighted by Gasteiger charge is -2.21. The summed E-state index contributed by atoms with van der Waals surface area (Å²) in [6.07, 6.45) is 1.67. The summed E-state index contributed by atoms with van der Waals surface area (Å²) >= 11 is 0. The van der Waals surface area contributed by atoms with Gasteiger partial charge in [-0.15, -0.1) is 0 Å². The van der Waals surface area contributed by atoms with Gasteiger partial charge in [0.25, 0.3) is 0 Å². The van der Waals surface area contributed by atoms with Crippen molar-refractivity contribution in [2.75, 3.05) is 0 Å². The van der Waals surface area contributed by atoms with E-state index in [-0.39, 0.29) is 5.41 Å². The number of furan rings is 1. The lowest BCUT2D eigenvalue weighted by Crippen LogP contribution is -2.11. The Labute approximate surface area is 205 Å². The van der Waals surface area contributed by atoms with Gasteiger partial charge in [-0.1, -0.05) is 65.0 Å². The number of pyridine rings is 1. The molecule has 35 heavy (non-hydrogen) atoms. The van der Waals surface area contributed by atoms with Gasteiger partial charge in [0.05, 0.1) is 11.2 Å². The second kappa shape index (κ2) is 7.61. The predicted octanol–water partition coefficient (Wildman–Crippen LogP) is 8.47. The van der Waals surface area contributed by atoms with Gasteiger partial charge in [0.1, 0.15) is 11.9 Å². The molecule has 3 aromatic carbocycles. The molecule has 0 bridgehead atoms. The van der Waals surface area contributed by atoms with Crippen molar-refractivity contribution >= 4 is 43.7 Å². The van der Waals surface area contributed by atoms with Crippen LogP contribution in [-0.2, 0) is 5.41 Å². The maximum Gasteiger partial charge on any atom is 0.227 e. The summed E-state index contributed by atoms with van der Waals surface area (Å²) in [5.41, 5.74) is 7.98. The van der Waals surface area contributed by atoms with E-state index in [2.05, 4.69) is 96.1 Å².